The standard InChI is InChI=1S/C24H25N5O5S/c25-16-18-3-2-11-28(18)14-9-21(24(32)29-12-7-17(8-13-29)15-23(30)31)27-35(33,34)22-5-1-4-20-19(22)6-10-26-20/h1-6,10-11,15,21,26-27H,7-9,12-14H2,(H,30,31). The summed E-state index contributed by atoms with van der Waals surface area (Å²) in [4.78, 5) is 29.0. The fourth-order valence-electron chi connectivity index (χ4n) is 4.31. The van der Waals surface area contributed by atoms with Crippen LogP contribution in [0.15, 0.2) is 65.3 Å². The lowest BCUT2D eigenvalue weighted by atomic mass is 10.0. The Kier molecular flexibility index (Phi) is 7.04. The van der Waals surface area contributed by atoms with Crippen molar-refractivity contribution in [2.75, 3.05) is 13.1 Å². The average Bonchev–Trinajstić information content (AvgIpc) is 3.50. The number of carboxylic acids is 1. The first-order chi connectivity index (χ1) is 16.8. The zero-order valence-electron chi connectivity index (χ0n) is 18.8. The second-order valence-electron chi connectivity index (χ2n) is 8.32. The zero-order chi connectivity index (χ0) is 25.0. The van der Waals surface area contributed by atoms with Crippen LogP contribution in [0.4, 0.5) is 0 Å². The molecule has 2 aromatic heterocycles. The number of rotatable bonds is 8. The van der Waals surface area contributed by atoms with Crippen molar-refractivity contribution >= 4 is 32.8 Å². The monoisotopic (exact) mass is 495 g/mol. The summed E-state index contributed by atoms with van der Waals surface area (Å²) in [6, 6.07) is 10.9. The molecule has 3 N–H and O–H groups in total. The van der Waals surface area contributed by atoms with Crippen molar-refractivity contribution in [2.24, 2.45) is 0 Å². The van der Waals surface area contributed by atoms with Crippen molar-refractivity contribution in [1.29, 1.82) is 5.26 Å². The molecule has 182 valence electrons. The molecular formula is C24H25N5O5S. The number of carbonyl (C=O) groups excluding carboxylic acids is 1. The number of nitriles is 1. The van der Waals surface area contributed by atoms with Gasteiger partial charge in [-0.25, -0.2) is 13.2 Å². The van der Waals surface area contributed by atoms with E-state index in [1.54, 1.807) is 52.2 Å². The van der Waals surface area contributed by atoms with Gasteiger partial charge < -0.3 is 19.6 Å². The van der Waals surface area contributed by atoms with Crippen LogP contribution in [0.5, 0.6) is 0 Å². The number of likely N-dealkylation sites (tertiary alicyclic amines) is 1. The van der Waals surface area contributed by atoms with Gasteiger partial charge in [-0.05, 0) is 49.6 Å². The number of aromatic nitrogens is 2. The van der Waals surface area contributed by atoms with Crippen LogP contribution in [0.3, 0.4) is 0 Å². The Morgan fingerprint density at radius 3 is 2.69 bits per heavy atom. The number of H-pyrrole nitrogens is 1. The van der Waals surface area contributed by atoms with Gasteiger partial charge in [0.15, 0.2) is 0 Å². The predicted octanol–water partition coefficient (Wildman–Crippen LogP) is 2.21. The van der Waals surface area contributed by atoms with E-state index in [1.165, 1.54) is 6.07 Å². The highest BCUT2D eigenvalue weighted by Gasteiger charge is 2.31. The Morgan fingerprint density at radius 2 is 1.97 bits per heavy atom. The lowest BCUT2D eigenvalue weighted by Gasteiger charge is -2.32. The third kappa shape index (κ3) is 5.45. The highest BCUT2D eigenvalue weighted by atomic mass is 32.2. The van der Waals surface area contributed by atoms with Crippen LogP contribution in [0, 0.1) is 11.3 Å². The molecule has 1 aromatic carbocycles. The van der Waals surface area contributed by atoms with Gasteiger partial charge in [-0.15, -0.1) is 0 Å². The first-order valence-corrected chi connectivity index (χ1v) is 12.6. The molecule has 1 aliphatic heterocycles. The summed E-state index contributed by atoms with van der Waals surface area (Å²) in [5.41, 5.74) is 1.82. The molecule has 1 aliphatic rings. The molecule has 3 heterocycles. The van der Waals surface area contributed by atoms with Crippen LogP contribution in [0.25, 0.3) is 10.9 Å². The number of nitrogens with zero attached hydrogens (tertiary/aromatic N) is 3. The zero-order valence-corrected chi connectivity index (χ0v) is 19.7. The van der Waals surface area contributed by atoms with E-state index in [2.05, 4.69) is 15.8 Å². The van der Waals surface area contributed by atoms with E-state index in [9.17, 15) is 23.3 Å². The number of amides is 1. The largest absolute Gasteiger partial charge is 0.478 e. The number of hydrogen-bond acceptors (Lipinski definition) is 5. The van der Waals surface area contributed by atoms with E-state index in [1.807, 2.05) is 0 Å². The van der Waals surface area contributed by atoms with Crippen LogP contribution in [-0.2, 0) is 26.2 Å². The quantitative estimate of drug-likeness (QED) is 0.408. The number of aryl methyl sites for hydroxylation is 1. The molecule has 4 rings (SSSR count). The molecule has 1 amide bonds. The molecule has 0 saturated carbocycles. The Morgan fingerprint density at radius 1 is 1.20 bits per heavy atom. The van der Waals surface area contributed by atoms with Crippen LogP contribution in [0.2, 0.25) is 0 Å². The number of hydrogen-bond donors (Lipinski definition) is 3. The summed E-state index contributed by atoms with van der Waals surface area (Å²) in [7, 11) is -4.05. The molecule has 3 aromatic rings. The van der Waals surface area contributed by atoms with Crippen LogP contribution in [0.1, 0.15) is 25.0 Å². The second-order valence-corrected chi connectivity index (χ2v) is 10.0. The first-order valence-electron chi connectivity index (χ1n) is 11.1. The van der Waals surface area contributed by atoms with Gasteiger partial charge in [-0.1, -0.05) is 11.6 Å². The Bertz CT molecular complexity index is 1420. The Hall–Kier alpha value is -3.88. The first kappa shape index (κ1) is 24.3. The fraction of sp³-hybridized carbons (Fsp3) is 0.292. The minimum Gasteiger partial charge on any atom is -0.478 e. The molecule has 0 aliphatic carbocycles. The number of aromatic amines is 1. The fourth-order valence-corrected chi connectivity index (χ4v) is 5.75. The van der Waals surface area contributed by atoms with Crippen molar-refractivity contribution in [1.82, 2.24) is 19.2 Å². The van der Waals surface area contributed by atoms with Crippen molar-refractivity contribution in [3.05, 3.63) is 66.1 Å². The van der Waals surface area contributed by atoms with E-state index in [-0.39, 0.29) is 23.8 Å². The maximum Gasteiger partial charge on any atom is 0.328 e. The number of fused-ring (bicyclic) bond motifs is 1. The van der Waals surface area contributed by atoms with E-state index in [0.717, 1.165) is 11.6 Å². The normalized spacial score (nSPS) is 15.1. The molecular weight excluding hydrogens is 470 g/mol. The number of aliphatic carboxylic acids is 1. The van der Waals surface area contributed by atoms with Crippen LogP contribution < -0.4 is 4.72 Å². The number of piperidine rings is 1. The molecule has 1 fully saturated rings. The average molecular weight is 496 g/mol. The maximum atomic E-state index is 13.4. The van der Waals surface area contributed by atoms with Gasteiger partial charge in [-0.2, -0.15) is 9.98 Å². The summed E-state index contributed by atoms with van der Waals surface area (Å²) in [6.07, 6.45) is 5.48. The van der Waals surface area contributed by atoms with Gasteiger partial charge in [-0.3, -0.25) is 4.79 Å². The molecule has 0 bridgehead atoms. The number of nitrogens with one attached hydrogen (secondary N) is 2. The molecule has 11 heteroatoms. The predicted molar refractivity (Wildman–Crippen MR) is 128 cm³/mol. The van der Waals surface area contributed by atoms with Gasteiger partial charge >= 0.3 is 5.97 Å². The van der Waals surface area contributed by atoms with E-state index in [4.69, 9.17) is 5.11 Å². The third-order valence-corrected chi connectivity index (χ3v) is 7.62. The highest BCUT2D eigenvalue weighted by Crippen LogP contribution is 2.23. The summed E-state index contributed by atoms with van der Waals surface area (Å²) >= 11 is 0. The van der Waals surface area contributed by atoms with Gasteiger partial charge in [0, 0.05) is 49.0 Å². The Balaban J connectivity index is 1.57. The van der Waals surface area contributed by atoms with Gasteiger partial charge in [0.1, 0.15) is 17.8 Å². The molecule has 0 radical (unpaired) electrons. The summed E-state index contributed by atoms with van der Waals surface area (Å²) in [6.45, 7) is 0.869. The minimum atomic E-state index is -4.05. The second kappa shape index (κ2) is 10.2. The maximum absolute atomic E-state index is 13.4. The smallest absolute Gasteiger partial charge is 0.328 e. The topological polar surface area (TPSA) is 148 Å². The van der Waals surface area contributed by atoms with Crippen LogP contribution >= 0.6 is 0 Å². The SMILES string of the molecule is N#Cc1cccn1CCC(NS(=O)(=O)c1cccc2[nH]ccc12)C(=O)N1CCC(=CC(=O)O)CC1. The number of sulfonamides is 1. The van der Waals surface area contributed by atoms with E-state index >= 15 is 0 Å². The van der Waals surface area contributed by atoms with Crippen LogP contribution in [-0.4, -0.2) is 59.0 Å². The molecule has 1 atom stereocenters. The number of carboxylic acid groups (broad SMARTS) is 1. The minimum absolute atomic E-state index is 0.0676. The van der Waals surface area contributed by atoms with Crippen molar-refractivity contribution in [3.63, 3.8) is 0 Å². The Labute approximate surface area is 202 Å². The summed E-state index contributed by atoms with van der Waals surface area (Å²) in [5, 5.41) is 18.8. The number of carbonyl (C=O) groups is 2. The van der Waals surface area contributed by atoms with Crippen molar-refractivity contribution < 1.29 is 23.1 Å². The van der Waals surface area contributed by atoms with E-state index < -0.39 is 22.0 Å². The molecule has 1 saturated heterocycles. The number of benzene rings is 1. The molecule has 35 heavy (non-hydrogen) atoms. The molecule has 0 spiro atoms. The lowest BCUT2D eigenvalue weighted by Crippen LogP contribution is -2.50. The third-order valence-electron chi connectivity index (χ3n) is 6.09. The highest BCUT2D eigenvalue weighted by molar-refractivity contribution is 7.89. The summed E-state index contributed by atoms with van der Waals surface area (Å²) < 4.78 is 31.0. The van der Waals surface area contributed by atoms with Gasteiger partial charge in [0.05, 0.1) is 4.90 Å². The van der Waals surface area contributed by atoms with Gasteiger partial charge in [0.2, 0.25) is 15.9 Å². The summed E-state index contributed by atoms with van der Waals surface area (Å²) in [5.74, 6) is -1.40. The van der Waals surface area contributed by atoms with E-state index in [0.29, 0.717) is 42.5 Å². The van der Waals surface area contributed by atoms with Crippen molar-refractivity contribution in [3.8, 4) is 6.07 Å². The molecule has 1 unspecified atom stereocenters. The van der Waals surface area contributed by atoms with Gasteiger partial charge in [0.25, 0.3) is 0 Å². The van der Waals surface area contributed by atoms with Crippen molar-refractivity contribution in [2.45, 2.75) is 36.7 Å². The lowest BCUT2D eigenvalue weighted by molar-refractivity contribution is -0.133. The molecule has 10 nitrogen and oxygen atoms in total.